The third-order valence-electron chi connectivity index (χ3n) is 3.87. The molecule has 0 spiro atoms. The molecule has 6 nitrogen and oxygen atoms in total. The first-order valence-electron chi connectivity index (χ1n) is 8.68. The van der Waals surface area contributed by atoms with Crippen LogP contribution in [0.3, 0.4) is 0 Å². The van der Waals surface area contributed by atoms with E-state index < -0.39 is 18.5 Å². The van der Waals surface area contributed by atoms with Crippen molar-refractivity contribution >= 4 is 29.2 Å². The number of esters is 1. The van der Waals surface area contributed by atoms with Gasteiger partial charge in [0.1, 0.15) is 11.8 Å². The fraction of sp³-hybridized carbons (Fsp3) is 0.286. The Hall–Kier alpha value is -3.04. The van der Waals surface area contributed by atoms with E-state index in [0.29, 0.717) is 17.0 Å². The highest BCUT2D eigenvalue weighted by molar-refractivity contribution is 6.32. The molecule has 0 fully saturated rings. The number of carbonyl (C=O) groups is 2. The molecule has 0 atom stereocenters. The van der Waals surface area contributed by atoms with Crippen molar-refractivity contribution in [2.24, 2.45) is 0 Å². The normalized spacial score (nSPS) is 10.3. The maximum absolute atomic E-state index is 11.9. The molecule has 1 amide bonds. The SMILES string of the molecule is Cc1ccc(C(C)C)c(OCC(=O)OCC(=O)Nc2ccc(C#N)c(Cl)c2)c1. The van der Waals surface area contributed by atoms with Gasteiger partial charge < -0.3 is 14.8 Å². The quantitative estimate of drug-likeness (QED) is 0.703. The van der Waals surface area contributed by atoms with Crippen molar-refractivity contribution in [2.45, 2.75) is 26.7 Å². The zero-order valence-corrected chi connectivity index (χ0v) is 16.7. The molecule has 0 heterocycles. The van der Waals surface area contributed by atoms with E-state index in [-0.39, 0.29) is 17.5 Å². The van der Waals surface area contributed by atoms with E-state index in [1.807, 2.05) is 45.0 Å². The number of nitrogens with zero attached hydrogens (tertiary/aromatic N) is 1. The molecule has 0 saturated heterocycles. The number of rotatable bonds is 7. The fourth-order valence-corrected chi connectivity index (χ4v) is 2.67. The second-order valence-corrected chi connectivity index (χ2v) is 6.91. The Kier molecular flexibility index (Phi) is 7.42. The molecule has 0 saturated carbocycles. The number of anilines is 1. The van der Waals surface area contributed by atoms with Crippen molar-refractivity contribution in [1.82, 2.24) is 0 Å². The van der Waals surface area contributed by atoms with Gasteiger partial charge in [0.25, 0.3) is 5.91 Å². The van der Waals surface area contributed by atoms with Gasteiger partial charge in [0.05, 0.1) is 10.6 Å². The van der Waals surface area contributed by atoms with Crippen LogP contribution in [-0.4, -0.2) is 25.1 Å². The van der Waals surface area contributed by atoms with Crippen LogP contribution in [0.4, 0.5) is 5.69 Å². The van der Waals surface area contributed by atoms with Gasteiger partial charge in [-0.3, -0.25) is 4.79 Å². The number of carbonyl (C=O) groups excluding carboxylic acids is 2. The molecule has 1 N–H and O–H groups in total. The van der Waals surface area contributed by atoms with Crippen LogP contribution in [0, 0.1) is 18.3 Å². The van der Waals surface area contributed by atoms with Crippen molar-refractivity contribution in [3.8, 4) is 11.8 Å². The minimum Gasteiger partial charge on any atom is -0.482 e. The lowest BCUT2D eigenvalue weighted by Gasteiger charge is -2.14. The molecule has 0 bridgehead atoms. The van der Waals surface area contributed by atoms with Gasteiger partial charge in [-0.25, -0.2) is 4.79 Å². The van der Waals surface area contributed by atoms with Crippen LogP contribution in [0.5, 0.6) is 5.75 Å². The van der Waals surface area contributed by atoms with E-state index in [0.717, 1.165) is 11.1 Å². The molecule has 0 radical (unpaired) electrons. The summed E-state index contributed by atoms with van der Waals surface area (Å²) in [6, 6.07) is 12.2. The van der Waals surface area contributed by atoms with E-state index in [1.165, 1.54) is 12.1 Å². The van der Waals surface area contributed by atoms with E-state index >= 15 is 0 Å². The number of hydrogen-bond donors (Lipinski definition) is 1. The summed E-state index contributed by atoms with van der Waals surface area (Å²) in [5.41, 5.74) is 2.73. The smallest absolute Gasteiger partial charge is 0.344 e. The van der Waals surface area contributed by atoms with Crippen molar-refractivity contribution in [3.63, 3.8) is 0 Å². The first-order valence-corrected chi connectivity index (χ1v) is 9.06. The first-order chi connectivity index (χ1) is 13.3. The van der Waals surface area contributed by atoms with Gasteiger partial charge in [0, 0.05) is 5.69 Å². The topological polar surface area (TPSA) is 88.4 Å². The Morgan fingerprint density at radius 3 is 2.57 bits per heavy atom. The molecule has 2 rings (SSSR count). The van der Waals surface area contributed by atoms with Gasteiger partial charge in [0.15, 0.2) is 13.2 Å². The molecule has 2 aromatic rings. The highest BCUT2D eigenvalue weighted by atomic mass is 35.5. The third kappa shape index (κ3) is 6.00. The molecular formula is C21H21ClN2O4. The zero-order valence-electron chi connectivity index (χ0n) is 15.9. The Labute approximate surface area is 169 Å². The number of halogens is 1. The Morgan fingerprint density at radius 1 is 1.18 bits per heavy atom. The number of nitriles is 1. The summed E-state index contributed by atoms with van der Waals surface area (Å²) < 4.78 is 10.5. The van der Waals surface area contributed by atoms with Gasteiger partial charge in [-0.15, -0.1) is 0 Å². The lowest BCUT2D eigenvalue weighted by Crippen LogP contribution is -2.23. The van der Waals surface area contributed by atoms with Gasteiger partial charge in [-0.1, -0.05) is 37.6 Å². The van der Waals surface area contributed by atoms with Crippen molar-refractivity contribution in [2.75, 3.05) is 18.5 Å². The monoisotopic (exact) mass is 400 g/mol. The lowest BCUT2D eigenvalue weighted by molar-refractivity contribution is -0.149. The number of aryl methyl sites for hydroxylation is 1. The fourth-order valence-electron chi connectivity index (χ4n) is 2.45. The lowest BCUT2D eigenvalue weighted by atomic mass is 10.0. The van der Waals surface area contributed by atoms with Crippen LogP contribution in [-0.2, 0) is 14.3 Å². The first kappa shape index (κ1) is 21.3. The minimum atomic E-state index is -0.649. The van der Waals surface area contributed by atoms with Crippen molar-refractivity contribution < 1.29 is 19.1 Å². The third-order valence-corrected chi connectivity index (χ3v) is 4.19. The number of hydrogen-bond acceptors (Lipinski definition) is 5. The zero-order chi connectivity index (χ0) is 20.7. The highest BCUT2D eigenvalue weighted by Crippen LogP contribution is 2.27. The number of amides is 1. The van der Waals surface area contributed by atoms with Crippen molar-refractivity contribution in [1.29, 1.82) is 5.26 Å². The molecule has 0 aliphatic carbocycles. The molecule has 0 aromatic heterocycles. The molecule has 0 aliphatic rings. The maximum Gasteiger partial charge on any atom is 0.344 e. The van der Waals surface area contributed by atoms with Crippen LogP contribution in [0.15, 0.2) is 36.4 Å². The second-order valence-electron chi connectivity index (χ2n) is 6.50. The predicted molar refractivity (Wildman–Crippen MR) is 107 cm³/mol. The molecule has 0 aliphatic heterocycles. The van der Waals surface area contributed by atoms with Gasteiger partial charge in [0.2, 0.25) is 0 Å². The van der Waals surface area contributed by atoms with E-state index in [9.17, 15) is 9.59 Å². The Bertz CT molecular complexity index is 919. The number of nitrogens with one attached hydrogen (secondary N) is 1. The van der Waals surface area contributed by atoms with Crippen LogP contribution < -0.4 is 10.1 Å². The Balaban J connectivity index is 1.84. The number of ether oxygens (including phenoxy) is 2. The molecule has 0 unspecified atom stereocenters. The van der Waals surface area contributed by atoms with Crippen molar-refractivity contribution in [3.05, 3.63) is 58.1 Å². The van der Waals surface area contributed by atoms with Gasteiger partial charge >= 0.3 is 5.97 Å². The van der Waals surface area contributed by atoms with Crippen LogP contribution in [0.2, 0.25) is 5.02 Å². The van der Waals surface area contributed by atoms with E-state index in [4.69, 9.17) is 26.3 Å². The summed E-state index contributed by atoms with van der Waals surface area (Å²) in [5.74, 6) is -0.294. The van der Waals surface area contributed by atoms with Crippen LogP contribution in [0.25, 0.3) is 0 Å². The average Bonchev–Trinajstić information content (AvgIpc) is 2.64. The largest absolute Gasteiger partial charge is 0.482 e. The van der Waals surface area contributed by atoms with E-state index in [2.05, 4.69) is 5.32 Å². The second kappa shape index (κ2) is 9.77. The molecule has 146 valence electrons. The Morgan fingerprint density at radius 2 is 1.93 bits per heavy atom. The average molecular weight is 401 g/mol. The van der Waals surface area contributed by atoms with Crippen LogP contribution >= 0.6 is 11.6 Å². The molecule has 2 aromatic carbocycles. The minimum absolute atomic E-state index is 0.227. The van der Waals surface area contributed by atoms with Gasteiger partial charge in [-0.05, 0) is 48.2 Å². The summed E-state index contributed by atoms with van der Waals surface area (Å²) in [5, 5.41) is 11.6. The van der Waals surface area contributed by atoms with Gasteiger partial charge in [-0.2, -0.15) is 5.26 Å². The molecule has 7 heteroatoms. The standard InChI is InChI=1S/C21H21ClN2O4/c1-13(2)17-7-4-14(3)8-19(17)27-12-21(26)28-11-20(25)24-16-6-5-15(10-23)18(22)9-16/h4-9,13H,11-12H2,1-3H3,(H,24,25). The summed E-state index contributed by atoms with van der Waals surface area (Å²) in [4.78, 5) is 23.8. The summed E-state index contributed by atoms with van der Waals surface area (Å²) in [6.07, 6.45) is 0. The summed E-state index contributed by atoms with van der Waals surface area (Å²) >= 11 is 5.91. The highest BCUT2D eigenvalue weighted by Gasteiger charge is 2.13. The molecular weight excluding hydrogens is 380 g/mol. The predicted octanol–water partition coefficient (Wildman–Crippen LogP) is 4.20. The summed E-state index contributed by atoms with van der Waals surface area (Å²) in [7, 11) is 0. The maximum atomic E-state index is 11.9. The number of benzene rings is 2. The van der Waals surface area contributed by atoms with Crippen LogP contribution in [0.1, 0.15) is 36.5 Å². The summed E-state index contributed by atoms with van der Waals surface area (Å²) in [6.45, 7) is 5.27. The molecule has 28 heavy (non-hydrogen) atoms. The van der Waals surface area contributed by atoms with E-state index in [1.54, 1.807) is 6.07 Å².